The van der Waals surface area contributed by atoms with Gasteiger partial charge < -0.3 is 26.8 Å². The van der Waals surface area contributed by atoms with Crippen LogP contribution in [0.15, 0.2) is 57.3 Å². The van der Waals surface area contributed by atoms with Gasteiger partial charge in [-0.25, -0.2) is 9.37 Å². The van der Waals surface area contributed by atoms with Crippen LogP contribution in [0.1, 0.15) is 42.9 Å². The average molecular weight is 520 g/mol. The van der Waals surface area contributed by atoms with E-state index in [4.69, 9.17) is 26.9 Å². The summed E-state index contributed by atoms with van der Waals surface area (Å²) in [4.78, 5) is 28.3. The highest BCUT2D eigenvalue weighted by atomic mass is 19.1. The van der Waals surface area contributed by atoms with Gasteiger partial charge in [-0.1, -0.05) is 0 Å². The van der Waals surface area contributed by atoms with E-state index in [0.29, 0.717) is 64.0 Å². The number of benzene rings is 1. The van der Waals surface area contributed by atoms with Crippen molar-refractivity contribution in [2.24, 2.45) is 27.4 Å². The minimum atomic E-state index is -0.426. The van der Waals surface area contributed by atoms with Gasteiger partial charge in [0.25, 0.3) is 5.91 Å². The van der Waals surface area contributed by atoms with Crippen molar-refractivity contribution < 1.29 is 13.9 Å². The minimum Gasteiger partial charge on any atom is -0.485 e. The molecule has 6 N–H and O–H groups in total. The Morgan fingerprint density at radius 1 is 1.29 bits per heavy atom. The normalized spacial score (nSPS) is 20.4. The van der Waals surface area contributed by atoms with Crippen molar-refractivity contribution >= 4 is 29.3 Å². The maximum Gasteiger partial charge on any atom is 0.269 e. The first-order valence-corrected chi connectivity index (χ1v) is 12.6. The number of nitrogens with two attached hydrogens (primary N) is 3. The van der Waals surface area contributed by atoms with Crippen LogP contribution in [0.2, 0.25) is 0 Å². The number of allylic oxidation sites excluding steroid dienone is 2. The van der Waals surface area contributed by atoms with Gasteiger partial charge in [-0.15, -0.1) is 0 Å². The number of likely N-dealkylation sites (N-methyl/N-ethyl adjacent to an activating group) is 1. The van der Waals surface area contributed by atoms with Crippen LogP contribution in [0.5, 0.6) is 5.75 Å². The van der Waals surface area contributed by atoms with E-state index >= 15 is 0 Å². The van der Waals surface area contributed by atoms with Crippen LogP contribution >= 0.6 is 0 Å². The van der Waals surface area contributed by atoms with E-state index in [1.54, 1.807) is 38.6 Å². The monoisotopic (exact) mass is 519 g/mol. The zero-order chi connectivity index (χ0) is 27.4. The third-order valence-electron chi connectivity index (χ3n) is 6.76. The van der Waals surface area contributed by atoms with Gasteiger partial charge in [-0.2, -0.15) is 0 Å². The number of nitrogens with zero attached hydrogens (tertiary/aromatic N) is 4. The first kappa shape index (κ1) is 26.8. The number of halogens is 1. The minimum absolute atomic E-state index is 0.0127. The van der Waals surface area contributed by atoms with E-state index < -0.39 is 5.82 Å². The number of rotatable bonds is 5. The number of carbonyl (C=O) groups excluding carboxylic acids is 1. The molecule has 200 valence electrons. The van der Waals surface area contributed by atoms with Crippen molar-refractivity contribution in [2.75, 3.05) is 32.9 Å². The molecule has 9 nitrogen and oxygen atoms in total. The molecule has 1 aliphatic heterocycles. The average Bonchev–Trinajstić information content (AvgIpc) is 3.74. The molecule has 38 heavy (non-hydrogen) atoms. The van der Waals surface area contributed by atoms with E-state index in [2.05, 4.69) is 9.98 Å². The Morgan fingerprint density at radius 3 is 2.74 bits per heavy atom. The van der Waals surface area contributed by atoms with Crippen molar-refractivity contribution in [1.29, 1.82) is 0 Å². The summed E-state index contributed by atoms with van der Waals surface area (Å²) in [7, 11) is 3.32. The van der Waals surface area contributed by atoms with E-state index in [9.17, 15) is 9.18 Å². The number of carbonyl (C=O) groups is 1. The molecule has 2 aliphatic rings. The maximum absolute atomic E-state index is 14.2. The van der Waals surface area contributed by atoms with E-state index in [0.717, 1.165) is 12.8 Å². The number of nitrogen functional groups attached to an aromatic ring is 1. The number of amides is 1. The second-order valence-electron chi connectivity index (χ2n) is 9.54. The lowest BCUT2D eigenvalue weighted by Gasteiger charge is -2.22. The van der Waals surface area contributed by atoms with Crippen molar-refractivity contribution in [1.82, 2.24) is 9.88 Å². The Bertz CT molecular complexity index is 1360. The van der Waals surface area contributed by atoms with Crippen LogP contribution in [-0.2, 0) is 11.4 Å². The number of anilines is 1. The summed E-state index contributed by atoms with van der Waals surface area (Å²) in [5.41, 5.74) is 23.2. The standard InChI is InChI=1S/C28H34FN7O2/c1-4-36(3)28(37)25(31)22-10-17(13-33-2)24(30)21-8-7-20(29)9-19(21)15-38-23-11-18(14-35-27(23)32)26(22)34-12-16-5-6-16/h7-9,11,13-14,16H,4-6,10,12,15,30-31H2,1-3H3,(H2,32,35)/b24-17-,25-22-,33-13?,34-26?. The van der Waals surface area contributed by atoms with Crippen LogP contribution in [0, 0.1) is 11.7 Å². The smallest absolute Gasteiger partial charge is 0.269 e. The molecule has 2 heterocycles. The lowest BCUT2D eigenvalue weighted by atomic mass is 9.91. The predicted octanol–water partition coefficient (Wildman–Crippen LogP) is 3.05. The van der Waals surface area contributed by atoms with Crippen LogP contribution in [0.25, 0.3) is 5.70 Å². The highest BCUT2D eigenvalue weighted by Crippen LogP contribution is 2.33. The molecule has 2 aromatic rings. The molecule has 0 saturated heterocycles. The molecule has 0 spiro atoms. The highest BCUT2D eigenvalue weighted by molar-refractivity contribution is 6.17. The zero-order valence-electron chi connectivity index (χ0n) is 22.0. The summed E-state index contributed by atoms with van der Waals surface area (Å²) in [6.07, 6.45) is 5.59. The van der Waals surface area contributed by atoms with E-state index in [1.807, 2.05) is 6.92 Å². The third kappa shape index (κ3) is 5.85. The van der Waals surface area contributed by atoms with E-state index in [-0.39, 0.29) is 30.4 Å². The van der Waals surface area contributed by atoms with Crippen molar-refractivity contribution in [2.45, 2.75) is 32.8 Å². The first-order valence-electron chi connectivity index (χ1n) is 12.6. The summed E-state index contributed by atoms with van der Waals surface area (Å²) < 4.78 is 20.3. The third-order valence-corrected chi connectivity index (χ3v) is 6.76. The molecular weight excluding hydrogens is 485 g/mol. The molecular formula is C28H34FN7O2. The van der Waals surface area contributed by atoms with Gasteiger partial charge in [-0.05, 0) is 55.5 Å². The number of aromatic nitrogens is 1. The first-order chi connectivity index (χ1) is 18.2. The van der Waals surface area contributed by atoms with Crippen molar-refractivity contribution in [3.05, 3.63) is 69.8 Å². The second-order valence-corrected chi connectivity index (χ2v) is 9.54. The summed E-state index contributed by atoms with van der Waals surface area (Å²) in [5.74, 6) is 0.211. The molecule has 0 radical (unpaired) electrons. The van der Waals surface area contributed by atoms with Crippen LogP contribution < -0.4 is 21.9 Å². The summed E-state index contributed by atoms with van der Waals surface area (Å²) in [6.45, 7) is 2.94. The molecule has 1 aromatic heterocycles. The summed E-state index contributed by atoms with van der Waals surface area (Å²) in [5, 5.41) is 0. The van der Waals surface area contributed by atoms with Gasteiger partial charge in [0, 0.05) is 74.0 Å². The Hall–Kier alpha value is -4.21. The molecule has 0 unspecified atom stereocenters. The molecule has 0 atom stereocenters. The molecule has 2 bridgehead atoms. The fourth-order valence-corrected chi connectivity index (χ4v) is 4.20. The second kappa shape index (κ2) is 11.5. The molecule has 1 saturated carbocycles. The van der Waals surface area contributed by atoms with Crippen LogP contribution in [-0.4, -0.2) is 54.9 Å². The van der Waals surface area contributed by atoms with Gasteiger partial charge in [0.1, 0.15) is 18.1 Å². The van der Waals surface area contributed by atoms with Crippen LogP contribution in [0.3, 0.4) is 0 Å². The number of hydrogen-bond acceptors (Lipinski definition) is 8. The van der Waals surface area contributed by atoms with Crippen molar-refractivity contribution in [3.63, 3.8) is 0 Å². The lowest BCUT2D eigenvalue weighted by molar-refractivity contribution is -0.125. The topological polar surface area (TPSA) is 145 Å². The van der Waals surface area contributed by atoms with E-state index in [1.165, 1.54) is 17.0 Å². The zero-order valence-corrected chi connectivity index (χ0v) is 22.0. The SMILES string of the molecule is CCN(C)C(=O)/C(N)=C1\C/C(C=NC)=C(/N)c2ccc(F)cc2COc2cc(cnc2N)C1=NCC1CC1. The van der Waals surface area contributed by atoms with Gasteiger partial charge in [0.05, 0.1) is 5.71 Å². The Balaban J connectivity index is 2.02. The maximum atomic E-state index is 14.2. The Kier molecular flexibility index (Phi) is 8.09. The number of fused-ring (bicyclic) bond motifs is 3. The fourth-order valence-electron chi connectivity index (χ4n) is 4.20. The number of pyridine rings is 1. The van der Waals surface area contributed by atoms with Gasteiger partial charge in [-0.3, -0.25) is 14.8 Å². The summed E-state index contributed by atoms with van der Waals surface area (Å²) in [6, 6.07) is 6.04. The van der Waals surface area contributed by atoms with Gasteiger partial charge in [0.2, 0.25) is 0 Å². The molecule has 1 aliphatic carbocycles. The molecule has 4 rings (SSSR count). The van der Waals surface area contributed by atoms with Crippen molar-refractivity contribution in [3.8, 4) is 5.75 Å². The number of aliphatic imine (C=N–C) groups is 2. The van der Waals surface area contributed by atoms with Gasteiger partial charge in [0.15, 0.2) is 11.6 Å². The molecule has 1 fully saturated rings. The fraction of sp³-hybridized carbons (Fsp3) is 0.357. The molecule has 1 amide bonds. The number of hydrogen-bond donors (Lipinski definition) is 3. The molecule has 10 heteroatoms. The quantitative estimate of drug-likeness (QED) is 0.409. The highest BCUT2D eigenvalue weighted by Gasteiger charge is 2.26. The predicted molar refractivity (Wildman–Crippen MR) is 148 cm³/mol. The Labute approximate surface area is 222 Å². The molecule has 1 aromatic carbocycles. The lowest BCUT2D eigenvalue weighted by Crippen LogP contribution is -2.33. The van der Waals surface area contributed by atoms with Gasteiger partial charge >= 0.3 is 0 Å². The number of ether oxygens (including phenoxy) is 1. The Morgan fingerprint density at radius 2 is 2.05 bits per heavy atom. The largest absolute Gasteiger partial charge is 0.485 e. The van der Waals surface area contributed by atoms with Crippen LogP contribution in [0.4, 0.5) is 10.2 Å². The summed E-state index contributed by atoms with van der Waals surface area (Å²) >= 11 is 0.